The van der Waals surface area contributed by atoms with Gasteiger partial charge in [0, 0.05) is 17.6 Å². The van der Waals surface area contributed by atoms with Gasteiger partial charge >= 0.3 is 0 Å². The number of rotatable bonds is 10. The van der Waals surface area contributed by atoms with Crippen LogP contribution >= 0.6 is 11.6 Å². The number of carbonyl (C=O) groups is 2. The molecular weight excluding hydrogens is 510 g/mol. The Morgan fingerprint density at radius 2 is 1.76 bits per heavy atom. The van der Waals surface area contributed by atoms with Crippen LogP contribution in [-0.4, -0.2) is 50.0 Å². The second kappa shape index (κ2) is 12.8. The molecular formula is C28H38ClN3O4S. The Bertz CT molecular complexity index is 1210. The first-order chi connectivity index (χ1) is 17.5. The first kappa shape index (κ1) is 29.0. The van der Waals surface area contributed by atoms with Crippen molar-refractivity contribution in [1.29, 1.82) is 0 Å². The second-order valence-corrected chi connectivity index (χ2v) is 12.3. The number of nitrogens with one attached hydrogen (secondary N) is 1. The molecule has 202 valence electrons. The van der Waals surface area contributed by atoms with Gasteiger partial charge < -0.3 is 10.2 Å². The zero-order valence-corrected chi connectivity index (χ0v) is 23.7. The van der Waals surface area contributed by atoms with Gasteiger partial charge in [0.1, 0.15) is 12.6 Å². The van der Waals surface area contributed by atoms with E-state index >= 15 is 0 Å². The lowest BCUT2D eigenvalue weighted by atomic mass is 9.95. The maximum absolute atomic E-state index is 13.9. The van der Waals surface area contributed by atoms with Gasteiger partial charge in [0.2, 0.25) is 21.8 Å². The van der Waals surface area contributed by atoms with Crippen molar-refractivity contribution in [2.75, 3.05) is 17.1 Å². The molecule has 9 heteroatoms. The summed E-state index contributed by atoms with van der Waals surface area (Å²) >= 11 is 6.42. The summed E-state index contributed by atoms with van der Waals surface area (Å²) in [7, 11) is -3.78. The van der Waals surface area contributed by atoms with E-state index in [4.69, 9.17) is 11.6 Å². The van der Waals surface area contributed by atoms with E-state index in [1.54, 1.807) is 18.2 Å². The molecule has 1 aliphatic rings. The Morgan fingerprint density at radius 1 is 1.08 bits per heavy atom. The smallest absolute Gasteiger partial charge is 0.244 e. The van der Waals surface area contributed by atoms with Crippen molar-refractivity contribution in [3.8, 4) is 0 Å². The van der Waals surface area contributed by atoms with E-state index in [1.165, 1.54) is 11.3 Å². The zero-order valence-electron chi connectivity index (χ0n) is 22.2. The van der Waals surface area contributed by atoms with Gasteiger partial charge in [0.15, 0.2) is 0 Å². The Labute approximate surface area is 226 Å². The molecule has 2 aromatic carbocycles. The number of anilines is 1. The maximum atomic E-state index is 13.9. The van der Waals surface area contributed by atoms with E-state index in [-0.39, 0.29) is 18.5 Å². The van der Waals surface area contributed by atoms with Crippen molar-refractivity contribution in [3.63, 3.8) is 0 Å². The normalized spacial score (nSPS) is 15.2. The molecule has 0 radical (unpaired) electrons. The monoisotopic (exact) mass is 547 g/mol. The van der Waals surface area contributed by atoms with Crippen molar-refractivity contribution in [2.24, 2.45) is 0 Å². The fourth-order valence-corrected chi connectivity index (χ4v) is 6.06. The second-order valence-electron chi connectivity index (χ2n) is 9.94. The SMILES string of the molecule is CC[C@H](C(=O)NC1CCCCC1)N(Cc1ccccc1Cl)C(=O)CN(c1ccc(C)cc1C)S(C)(=O)=O. The summed E-state index contributed by atoms with van der Waals surface area (Å²) in [5.74, 6) is -0.678. The van der Waals surface area contributed by atoms with E-state index in [2.05, 4.69) is 5.32 Å². The van der Waals surface area contributed by atoms with Gasteiger partial charge in [-0.15, -0.1) is 0 Å². The van der Waals surface area contributed by atoms with Crippen LogP contribution in [0.15, 0.2) is 42.5 Å². The van der Waals surface area contributed by atoms with Crippen LogP contribution in [0.2, 0.25) is 5.02 Å². The molecule has 3 rings (SSSR count). The van der Waals surface area contributed by atoms with E-state index in [0.29, 0.717) is 22.7 Å². The van der Waals surface area contributed by atoms with Gasteiger partial charge in [-0.25, -0.2) is 8.42 Å². The molecule has 1 N–H and O–H groups in total. The molecule has 0 unspecified atom stereocenters. The Balaban J connectivity index is 1.94. The average molecular weight is 548 g/mol. The van der Waals surface area contributed by atoms with Crippen molar-refractivity contribution in [3.05, 3.63) is 64.2 Å². The van der Waals surface area contributed by atoms with E-state index in [0.717, 1.165) is 47.4 Å². The van der Waals surface area contributed by atoms with E-state index in [1.807, 2.05) is 45.0 Å². The molecule has 0 aromatic heterocycles. The average Bonchev–Trinajstić information content (AvgIpc) is 2.84. The molecule has 7 nitrogen and oxygen atoms in total. The molecule has 1 saturated carbocycles. The quantitative estimate of drug-likeness (QED) is 0.454. The molecule has 2 aromatic rings. The van der Waals surface area contributed by atoms with Crippen LogP contribution in [-0.2, 0) is 26.2 Å². The number of halogens is 1. The van der Waals surface area contributed by atoms with Crippen molar-refractivity contribution in [2.45, 2.75) is 77.9 Å². The van der Waals surface area contributed by atoms with Crippen LogP contribution in [0.1, 0.15) is 62.1 Å². The highest BCUT2D eigenvalue weighted by Crippen LogP contribution is 2.26. The number of carbonyl (C=O) groups excluding carboxylic acids is 2. The predicted octanol–water partition coefficient (Wildman–Crippen LogP) is 4.98. The molecule has 0 saturated heterocycles. The lowest BCUT2D eigenvalue weighted by molar-refractivity contribution is -0.140. The summed E-state index contributed by atoms with van der Waals surface area (Å²) in [5.41, 5.74) is 2.88. The molecule has 37 heavy (non-hydrogen) atoms. The van der Waals surface area contributed by atoms with Crippen LogP contribution in [0.4, 0.5) is 5.69 Å². The molecule has 0 aliphatic heterocycles. The van der Waals surface area contributed by atoms with Crippen LogP contribution in [0.3, 0.4) is 0 Å². The molecule has 0 heterocycles. The minimum absolute atomic E-state index is 0.0929. The van der Waals surface area contributed by atoms with Crippen LogP contribution in [0, 0.1) is 13.8 Å². The van der Waals surface area contributed by atoms with Gasteiger partial charge in [-0.1, -0.05) is 73.7 Å². The number of benzene rings is 2. The van der Waals surface area contributed by atoms with Gasteiger partial charge in [-0.2, -0.15) is 0 Å². The number of nitrogens with zero attached hydrogens (tertiary/aromatic N) is 2. The van der Waals surface area contributed by atoms with Gasteiger partial charge in [-0.3, -0.25) is 13.9 Å². The lowest BCUT2D eigenvalue weighted by Crippen LogP contribution is -2.54. The number of hydrogen-bond acceptors (Lipinski definition) is 4. The summed E-state index contributed by atoms with van der Waals surface area (Å²) in [6.07, 6.45) is 6.64. The Hall–Kier alpha value is -2.58. The van der Waals surface area contributed by atoms with Crippen LogP contribution in [0.25, 0.3) is 0 Å². The highest BCUT2D eigenvalue weighted by atomic mass is 35.5. The van der Waals surface area contributed by atoms with E-state index in [9.17, 15) is 18.0 Å². The van der Waals surface area contributed by atoms with Gasteiger partial charge in [-0.05, 0) is 56.4 Å². The molecule has 1 atom stereocenters. The minimum atomic E-state index is -3.78. The highest BCUT2D eigenvalue weighted by molar-refractivity contribution is 7.92. The summed E-state index contributed by atoms with van der Waals surface area (Å²) in [6, 6.07) is 11.9. The Kier molecular flexibility index (Phi) is 10.0. The fraction of sp³-hybridized carbons (Fsp3) is 0.500. The third-order valence-electron chi connectivity index (χ3n) is 6.94. The Morgan fingerprint density at radius 3 is 2.35 bits per heavy atom. The van der Waals surface area contributed by atoms with Gasteiger partial charge in [0.25, 0.3) is 0 Å². The fourth-order valence-electron chi connectivity index (χ4n) is 4.95. The third-order valence-corrected chi connectivity index (χ3v) is 8.43. The molecule has 1 fully saturated rings. The van der Waals surface area contributed by atoms with Crippen molar-refractivity contribution < 1.29 is 18.0 Å². The zero-order chi connectivity index (χ0) is 27.2. The van der Waals surface area contributed by atoms with E-state index < -0.39 is 28.5 Å². The van der Waals surface area contributed by atoms with Gasteiger partial charge in [0.05, 0.1) is 11.9 Å². The summed E-state index contributed by atoms with van der Waals surface area (Å²) < 4.78 is 26.8. The third kappa shape index (κ3) is 7.71. The van der Waals surface area contributed by atoms with Crippen molar-refractivity contribution in [1.82, 2.24) is 10.2 Å². The highest BCUT2D eigenvalue weighted by Gasteiger charge is 2.33. The molecule has 1 aliphatic carbocycles. The van der Waals surface area contributed by atoms with Crippen molar-refractivity contribution >= 4 is 39.1 Å². The predicted molar refractivity (Wildman–Crippen MR) is 149 cm³/mol. The molecule has 0 bridgehead atoms. The summed E-state index contributed by atoms with van der Waals surface area (Å²) in [6.45, 7) is 5.28. The largest absolute Gasteiger partial charge is 0.352 e. The number of sulfonamides is 1. The first-order valence-electron chi connectivity index (χ1n) is 12.9. The maximum Gasteiger partial charge on any atom is 0.244 e. The van der Waals surface area contributed by atoms with Crippen LogP contribution in [0.5, 0.6) is 0 Å². The number of amides is 2. The molecule has 0 spiro atoms. The summed E-state index contributed by atoms with van der Waals surface area (Å²) in [5, 5.41) is 3.62. The molecule has 2 amide bonds. The van der Waals surface area contributed by atoms with Crippen LogP contribution < -0.4 is 9.62 Å². The number of aryl methyl sites for hydroxylation is 2. The standard InChI is InChI=1S/C28H38ClN3O4S/c1-5-25(28(34)30-23-12-7-6-8-13-23)31(18-22-11-9-10-14-24(22)29)27(33)19-32(37(4,35)36)26-16-15-20(2)17-21(26)3/h9-11,14-17,23,25H,5-8,12-13,18-19H2,1-4H3,(H,30,34)/t25-/m1/s1. The first-order valence-corrected chi connectivity index (χ1v) is 15.1. The lowest BCUT2D eigenvalue weighted by Gasteiger charge is -2.34. The minimum Gasteiger partial charge on any atom is -0.352 e. The topological polar surface area (TPSA) is 86.8 Å². The summed E-state index contributed by atoms with van der Waals surface area (Å²) in [4.78, 5) is 28.8. The number of hydrogen-bond donors (Lipinski definition) is 1.